The first-order valence-corrected chi connectivity index (χ1v) is 20.6. The van der Waals surface area contributed by atoms with E-state index in [1.54, 1.807) is 30.5 Å². The standard InChI is InChI=1S/C60H54N4O/c1-58(2,3)42-31-34-61-54(35-42)64-50-26-15-14-25-46(50)47-30-29-45(37-53(47)64)65-44-24-18-23-43(36-44)62-39-63(52-28-17-16-27-51(52)62)57-48(40-19-10-8-11-20-40)38-49-56(55(57)41-21-12-9-13-22-41)60(6,7)33-32-59(49,4)5/h8-31,34-38H,32-33H2,1-7H3/i4D3,5D3,6D3,7D3,8D,9D,10D,11D,12D,13D,19D,20D,21D,22D,32D2,33D2,38D. The molecule has 0 fully saturated rings. The van der Waals surface area contributed by atoms with E-state index >= 15 is 0 Å². The lowest BCUT2D eigenvalue weighted by Crippen LogP contribution is -2.38. The Labute approximate surface area is 420 Å². The quantitative estimate of drug-likeness (QED) is 0.118. The van der Waals surface area contributed by atoms with Crippen LogP contribution in [-0.2, 0) is 16.2 Å². The van der Waals surface area contributed by atoms with Gasteiger partial charge in [-0.3, -0.25) is 13.7 Å². The normalized spacial score (nSPS) is 22.8. The zero-order valence-corrected chi connectivity index (χ0v) is 35.1. The third kappa shape index (κ3) is 6.93. The van der Waals surface area contributed by atoms with Crippen LogP contribution in [0, 0.1) is 6.33 Å². The number of para-hydroxylation sites is 3. The summed E-state index contributed by atoms with van der Waals surface area (Å²) in [4.78, 5) is 4.77. The molecule has 3 aromatic heterocycles. The lowest BCUT2D eigenvalue weighted by molar-refractivity contribution is -0.571. The van der Waals surface area contributed by atoms with Crippen LogP contribution < -0.4 is 9.30 Å². The molecule has 0 radical (unpaired) electrons. The fourth-order valence-electron chi connectivity index (χ4n) is 8.49. The average molecular weight is 874 g/mol. The minimum absolute atomic E-state index is 0.0627. The third-order valence-electron chi connectivity index (χ3n) is 11.5. The van der Waals surface area contributed by atoms with Gasteiger partial charge in [0.2, 0.25) is 0 Å². The van der Waals surface area contributed by atoms with E-state index in [1.807, 2.05) is 53.1 Å². The summed E-state index contributed by atoms with van der Waals surface area (Å²) in [6, 6.07) is 15.4. The molecule has 0 amide bonds. The molecule has 320 valence electrons. The van der Waals surface area contributed by atoms with Crippen LogP contribution in [0.2, 0.25) is 0 Å². The SMILES string of the molecule is [2H]c1c([2H])c([2H])c(-c2c([2H])c3c(c(-c4c([2H])c([2H])c([2H])c([2H])c4[2H])c2-[n+]2[c-]n(-c4cccc(Oc5ccc6c7ccccc7n(-c7cc(C(C)(C)C)ccn7)c6c5)c4)c4ccccc42)C(C([2H])([2H])[2H])(C([2H])([2H])[2H])C([2H])([2H])C([2H])([2H])C3(C([2H])([2H])[2H])C([2H])([2H])[2H])c([2H])c1[2H]. The molecule has 5 nitrogen and oxygen atoms in total. The van der Waals surface area contributed by atoms with E-state index in [4.69, 9.17) is 26.2 Å². The zero-order chi connectivity index (χ0) is 67.8. The Kier molecular flexibility index (Phi) is 4.85. The van der Waals surface area contributed by atoms with Crippen LogP contribution in [0.4, 0.5) is 0 Å². The van der Waals surface area contributed by atoms with Gasteiger partial charge in [0, 0.05) is 45.0 Å². The number of fused-ring (bicyclic) bond motifs is 5. The Morgan fingerprint density at radius 1 is 0.708 bits per heavy atom. The number of hydrogen-bond donors (Lipinski definition) is 0. The van der Waals surface area contributed by atoms with E-state index in [9.17, 15) is 20.6 Å². The van der Waals surface area contributed by atoms with Gasteiger partial charge in [-0.25, -0.2) is 4.98 Å². The molecule has 11 rings (SSSR count). The molecule has 7 aromatic carbocycles. The van der Waals surface area contributed by atoms with Crippen LogP contribution in [0.25, 0.3) is 72.3 Å². The highest BCUT2D eigenvalue weighted by Gasteiger charge is 2.41. The first-order chi connectivity index (χ1) is 42.5. The predicted molar refractivity (Wildman–Crippen MR) is 267 cm³/mol. The molecule has 0 spiro atoms. The first-order valence-electron chi connectivity index (χ1n) is 34.1. The Morgan fingerprint density at radius 2 is 1.40 bits per heavy atom. The van der Waals surface area contributed by atoms with E-state index in [1.165, 1.54) is 34.9 Å². The van der Waals surface area contributed by atoms with Crippen molar-refractivity contribution < 1.29 is 46.3 Å². The monoisotopic (exact) mass is 874 g/mol. The van der Waals surface area contributed by atoms with Gasteiger partial charge in [0.05, 0.1) is 48.5 Å². The molecule has 0 saturated heterocycles. The Balaban J connectivity index is 1.32. The number of benzene rings is 7. The average Bonchev–Trinajstić information content (AvgIpc) is 0.699. The van der Waals surface area contributed by atoms with Crippen LogP contribution in [-0.4, -0.2) is 14.1 Å². The van der Waals surface area contributed by atoms with Crippen molar-refractivity contribution in [2.24, 2.45) is 0 Å². The summed E-state index contributed by atoms with van der Waals surface area (Å²) in [7, 11) is 0. The van der Waals surface area contributed by atoms with Crippen LogP contribution in [0.3, 0.4) is 0 Å². The molecule has 0 saturated carbocycles. The zero-order valence-electron chi connectivity index (χ0n) is 62.1. The first kappa shape index (κ1) is 20.7. The van der Waals surface area contributed by atoms with E-state index in [2.05, 4.69) is 27.1 Å². The summed E-state index contributed by atoms with van der Waals surface area (Å²) in [6.07, 6.45) is -4.88. The Morgan fingerprint density at radius 3 is 2.17 bits per heavy atom. The summed E-state index contributed by atoms with van der Waals surface area (Å²) < 4.78 is 262. The van der Waals surface area contributed by atoms with Crippen molar-refractivity contribution in [1.29, 1.82) is 0 Å². The summed E-state index contributed by atoms with van der Waals surface area (Å²) >= 11 is 0. The minimum Gasteiger partial charge on any atom is -0.458 e. The van der Waals surface area contributed by atoms with Gasteiger partial charge in [-0.05, 0) is 116 Å². The molecule has 0 bridgehead atoms. The molecule has 10 aromatic rings. The number of aromatic nitrogens is 4. The summed E-state index contributed by atoms with van der Waals surface area (Å²) in [5.74, 6) is 1.16. The van der Waals surface area contributed by atoms with Crippen molar-refractivity contribution in [3.8, 4) is 50.9 Å². The second-order valence-corrected chi connectivity index (χ2v) is 16.8. The van der Waals surface area contributed by atoms with Crippen molar-refractivity contribution >= 4 is 32.8 Å². The molecule has 1 aliphatic rings. The fraction of sp³-hybridized carbons (Fsp3) is 0.200. The Hall–Kier alpha value is -7.24. The van der Waals surface area contributed by atoms with Crippen molar-refractivity contribution in [2.75, 3.05) is 0 Å². The van der Waals surface area contributed by atoms with Gasteiger partial charge in [-0.2, -0.15) is 0 Å². The van der Waals surface area contributed by atoms with Gasteiger partial charge in [-0.1, -0.05) is 163 Å². The molecule has 65 heavy (non-hydrogen) atoms. The minimum atomic E-state index is -4.84. The maximum atomic E-state index is 10.5. The maximum absolute atomic E-state index is 10.5. The van der Waals surface area contributed by atoms with Crippen molar-refractivity contribution in [3.05, 3.63) is 199 Å². The van der Waals surface area contributed by atoms with Crippen molar-refractivity contribution in [2.45, 2.75) is 77.2 Å². The molecule has 3 heterocycles. The number of imidazole rings is 1. The number of nitrogens with zero attached hydrogens (tertiary/aromatic N) is 4. The van der Waals surface area contributed by atoms with E-state index in [-0.39, 0.29) is 27.9 Å². The second kappa shape index (κ2) is 15.2. The maximum Gasteiger partial charge on any atom is 0.269 e. The van der Waals surface area contributed by atoms with Crippen LogP contribution in [0.1, 0.15) is 115 Å². The van der Waals surface area contributed by atoms with Gasteiger partial charge < -0.3 is 4.74 Å². The Bertz CT molecular complexity index is 4670. The van der Waals surface area contributed by atoms with Crippen LogP contribution in [0.5, 0.6) is 11.5 Å². The molecular weight excluding hydrogens is 793 g/mol. The van der Waals surface area contributed by atoms with Gasteiger partial charge in [0.25, 0.3) is 6.33 Å². The highest BCUT2D eigenvalue weighted by Crippen LogP contribution is 2.53. The van der Waals surface area contributed by atoms with Gasteiger partial charge in [-0.15, -0.1) is 0 Å². The largest absolute Gasteiger partial charge is 0.458 e. The second-order valence-electron chi connectivity index (χ2n) is 16.8. The molecule has 0 N–H and O–H groups in total. The number of hydrogen-bond acceptors (Lipinski definition) is 2. The van der Waals surface area contributed by atoms with E-state index in [0.29, 0.717) is 11.6 Å². The van der Waals surface area contributed by atoms with Gasteiger partial charge in [0.1, 0.15) is 17.3 Å². The number of ether oxygens (including phenoxy) is 1. The highest BCUT2D eigenvalue weighted by atomic mass is 16.5. The summed E-state index contributed by atoms with van der Waals surface area (Å²) in [6.45, 7) is -12.0. The molecule has 1 aliphatic carbocycles. The molecular formula is C60H54N4O. The predicted octanol–water partition coefficient (Wildman–Crippen LogP) is 15.0. The summed E-state index contributed by atoms with van der Waals surface area (Å²) in [5.41, 5.74) is -16.9. The molecule has 0 atom stereocenters. The molecule has 0 unspecified atom stereocenters. The molecule has 0 aliphatic heterocycles. The van der Waals surface area contributed by atoms with E-state index < -0.39 is 157 Å². The smallest absolute Gasteiger partial charge is 0.269 e. The third-order valence-corrected chi connectivity index (χ3v) is 11.5. The van der Waals surface area contributed by atoms with Crippen molar-refractivity contribution in [3.63, 3.8) is 0 Å². The lowest BCUT2D eigenvalue weighted by Gasteiger charge is -2.44. The lowest BCUT2D eigenvalue weighted by atomic mass is 9.60. The topological polar surface area (TPSA) is 35.9 Å². The van der Waals surface area contributed by atoms with Gasteiger partial charge in [0.15, 0.2) is 0 Å². The highest BCUT2D eigenvalue weighted by molar-refractivity contribution is 6.09. The van der Waals surface area contributed by atoms with Crippen molar-refractivity contribution in [1.82, 2.24) is 14.1 Å². The number of rotatable bonds is 7. The van der Waals surface area contributed by atoms with Crippen LogP contribution >= 0.6 is 0 Å². The number of pyridine rings is 1. The van der Waals surface area contributed by atoms with Gasteiger partial charge >= 0.3 is 0 Å². The van der Waals surface area contributed by atoms with Crippen LogP contribution in [0.15, 0.2) is 176 Å². The summed E-state index contributed by atoms with van der Waals surface area (Å²) in [5, 5.41) is 1.80. The van der Waals surface area contributed by atoms with E-state index in [0.717, 1.165) is 31.9 Å². The fourth-order valence-corrected chi connectivity index (χ4v) is 8.49. The molecule has 5 heteroatoms.